The number of carbonyl (C=O) groups is 1. The van der Waals surface area contributed by atoms with E-state index in [0.29, 0.717) is 10.6 Å². The van der Waals surface area contributed by atoms with Crippen molar-refractivity contribution in [3.05, 3.63) is 69.2 Å². The van der Waals surface area contributed by atoms with Gasteiger partial charge in [0, 0.05) is 22.7 Å². The van der Waals surface area contributed by atoms with E-state index in [9.17, 15) is 14.9 Å². The van der Waals surface area contributed by atoms with E-state index in [1.807, 2.05) is 0 Å². The smallest absolute Gasteiger partial charge is 0.429 e. The van der Waals surface area contributed by atoms with Crippen LogP contribution in [0.3, 0.4) is 0 Å². The van der Waals surface area contributed by atoms with Gasteiger partial charge in [-0.2, -0.15) is 0 Å². The lowest BCUT2D eigenvalue weighted by molar-refractivity contribution is -0.384. The van der Waals surface area contributed by atoms with Gasteiger partial charge >= 0.3 is 6.16 Å². The van der Waals surface area contributed by atoms with Gasteiger partial charge in [0.15, 0.2) is 0 Å². The van der Waals surface area contributed by atoms with Crippen molar-refractivity contribution < 1.29 is 19.2 Å². The van der Waals surface area contributed by atoms with Gasteiger partial charge in [-0.05, 0) is 18.2 Å². The summed E-state index contributed by atoms with van der Waals surface area (Å²) < 4.78 is 9.79. The van der Waals surface area contributed by atoms with Gasteiger partial charge in [0.1, 0.15) is 12.4 Å². The SMILES string of the molecule is O=C(OCc1ccccc1Cl)Oc1ccc([N+](=O)[O-])cc1. The molecule has 0 fully saturated rings. The fourth-order valence-electron chi connectivity index (χ4n) is 1.51. The summed E-state index contributed by atoms with van der Waals surface area (Å²) in [6, 6.07) is 12.0. The first-order valence-corrected chi connectivity index (χ1v) is 6.26. The minimum Gasteiger partial charge on any atom is -0.429 e. The van der Waals surface area contributed by atoms with E-state index in [1.165, 1.54) is 24.3 Å². The van der Waals surface area contributed by atoms with Crippen LogP contribution < -0.4 is 4.74 Å². The molecule has 0 aliphatic carbocycles. The van der Waals surface area contributed by atoms with Gasteiger partial charge in [-0.25, -0.2) is 4.79 Å². The maximum atomic E-state index is 11.5. The number of nitro benzene ring substituents is 1. The first-order valence-electron chi connectivity index (χ1n) is 5.89. The van der Waals surface area contributed by atoms with Gasteiger partial charge in [0.25, 0.3) is 5.69 Å². The number of ether oxygens (including phenoxy) is 2. The molecule has 0 amide bonds. The number of rotatable bonds is 4. The van der Waals surface area contributed by atoms with Gasteiger partial charge < -0.3 is 9.47 Å². The number of nitro groups is 1. The summed E-state index contributed by atoms with van der Waals surface area (Å²) in [5.41, 5.74) is 0.562. The monoisotopic (exact) mass is 307 g/mol. The molecule has 0 aliphatic rings. The third-order valence-corrected chi connectivity index (χ3v) is 2.92. The molecule has 0 heterocycles. The number of halogens is 1. The third-order valence-electron chi connectivity index (χ3n) is 2.55. The van der Waals surface area contributed by atoms with E-state index in [1.54, 1.807) is 24.3 Å². The summed E-state index contributed by atoms with van der Waals surface area (Å²) >= 11 is 5.92. The van der Waals surface area contributed by atoms with E-state index in [2.05, 4.69) is 0 Å². The average Bonchev–Trinajstić information content (AvgIpc) is 2.47. The molecule has 0 aromatic heterocycles. The van der Waals surface area contributed by atoms with E-state index < -0.39 is 11.1 Å². The molecular weight excluding hydrogens is 298 g/mol. The Bertz CT molecular complexity index is 657. The van der Waals surface area contributed by atoms with Crippen molar-refractivity contribution in [2.45, 2.75) is 6.61 Å². The highest BCUT2D eigenvalue weighted by atomic mass is 35.5. The highest BCUT2D eigenvalue weighted by molar-refractivity contribution is 6.31. The molecule has 2 aromatic rings. The number of non-ortho nitro benzene ring substituents is 1. The zero-order valence-electron chi connectivity index (χ0n) is 10.7. The van der Waals surface area contributed by atoms with Crippen LogP contribution in [0, 0.1) is 10.1 Å². The van der Waals surface area contributed by atoms with E-state index in [4.69, 9.17) is 21.1 Å². The lowest BCUT2D eigenvalue weighted by Gasteiger charge is -2.06. The molecule has 0 radical (unpaired) electrons. The number of hydrogen-bond acceptors (Lipinski definition) is 5. The van der Waals surface area contributed by atoms with Gasteiger partial charge in [0.05, 0.1) is 4.92 Å². The summed E-state index contributed by atoms with van der Waals surface area (Å²) in [4.78, 5) is 21.4. The Kier molecular flexibility index (Phi) is 4.73. The Labute approximate surface area is 125 Å². The molecule has 6 nitrogen and oxygen atoms in total. The largest absolute Gasteiger partial charge is 0.514 e. The van der Waals surface area contributed by atoms with E-state index in [-0.39, 0.29) is 18.0 Å². The molecule has 0 N–H and O–H groups in total. The van der Waals surface area contributed by atoms with Gasteiger partial charge in [-0.15, -0.1) is 0 Å². The second-order valence-electron chi connectivity index (χ2n) is 3.98. The maximum Gasteiger partial charge on any atom is 0.514 e. The highest BCUT2D eigenvalue weighted by Crippen LogP contribution is 2.19. The van der Waals surface area contributed by atoms with Crippen LogP contribution >= 0.6 is 11.6 Å². The zero-order chi connectivity index (χ0) is 15.2. The first-order chi connectivity index (χ1) is 10.1. The molecule has 21 heavy (non-hydrogen) atoms. The zero-order valence-corrected chi connectivity index (χ0v) is 11.4. The van der Waals surface area contributed by atoms with Crippen molar-refractivity contribution >= 4 is 23.4 Å². The van der Waals surface area contributed by atoms with Crippen LogP contribution in [0.15, 0.2) is 48.5 Å². The minimum atomic E-state index is -0.913. The second-order valence-corrected chi connectivity index (χ2v) is 4.39. The molecular formula is C14H10ClNO5. The summed E-state index contributed by atoms with van der Waals surface area (Å²) in [5.74, 6) is 0.157. The van der Waals surface area contributed by atoms with Crippen molar-refractivity contribution in [3.8, 4) is 5.75 Å². The number of carbonyl (C=O) groups excluding carboxylic acids is 1. The fourth-order valence-corrected chi connectivity index (χ4v) is 1.70. The minimum absolute atomic E-state index is 0.0223. The Morgan fingerprint density at radius 1 is 1.14 bits per heavy atom. The topological polar surface area (TPSA) is 78.7 Å². The standard InChI is InChI=1S/C14H10ClNO5/c15-13-4-2-1-3-10(13)9-20-14(17)21-12-7-5-11(6-8-12)16(18)19/h1-8H,9H2. The van der Waals surface area contributed by atoms with Crippen molar-refractivity contribution in [1.29, 1.82) is 0 Å². The molecule has 7 heteroatoms. The van der Waals surface area contributed by atoms with Crippen LogP contribution in [0.2, 0.25) is 5.02 Å². The van der Waals surface area contributed by atoms with Crippen molar-refractivity contribution in [3.63, 3.8) is 0 Å². The Hall–Kier alpha value is -2.60. The van der Waals surface area contributed by atoms with Crippen molar-refractivity contribution in [1.82, 2.24) is 0 Å². The van der Waals surface area contributed by atoms with Gasteiger partial charge in [0.2, 0.25) is 0 Å². The number of nitrogens with zero attached hydrogens (tertiary/aromatic N) is 1. The van der Waals surface area contributed by atoms with Crippen molar-refractivity contribution in [2.24, 2.45) is 0 Å². The first kappa shape index (κ1) is 14.8. The molecule has 0 unspecified atom stereocenters. The number of benzene rings is 2. The van der Waals surface area contributed by atoms with Crippen molar-refractivity contribution in [2.75, 3.05) is 0 Å². The highest BCUT2D eigenvalue weighted by Gasteiger charge is 2.10. The molecule has 108 valence electrons. The third kappa shape index (κ3) is 4.19. The summed E-state index contributed by atoms with van der Waals surface area (Å²) in [7, 11) is 0. The molecule has 0 spiro atoms. The lowest BCUT2D eigenvalue weighted by atomic mass is 10.2. The van der Waals surface area contributed by atoms with Crippen LogP contribution in [0.25, 0.3) is 0 Å². The molecule has 0 atom stereocenters. The molecule has 0 aliphatic heterocycles. The Balaban J connectivity index is 1.90. The van der Waals surface area contributed by atoms with Crippen LogP contribution in [0.4, 0.5) is 10.5 Å². The summed E-state index contributed by atoms with van der Waals surface area (Å²) in [6.45, 7) is -0.0223. The van der Waals surface area contributed by atoms with Crippen LogP contribution in [-0.4, -0.2) is 11.1 Å². The Morgan fingerprint density at radius 3 is 2.43 bits per heavy atom. The predicted octanol–water partition coefficient (Wildman–Crippen LogP) is 3.96. The fraction of sp³-hybridized carbons (Fsp3) is 0.0714. The molecule has 0 saturated carbocycles. The maximum absolute atomic E-state index is 11.5. The quantitative estimate of drug-likeness (QED) is 0.369. The number of hydrogen-bond donors (Lipinski definition) is 0. The molecule has 2 aromatic carbocycles. The van der Waals surface area contributed by atoms with Crippen LogP contribution in [0.5, 0.6) is 5.75 Å². The molecule has 0 saturated heterocycles. The predicted molar refractivity (Wildman–Crippen MR) is 75.4 cm³/mol. The van der Waals surface area contributed by atoms with E-state index in [0.717, 1.165) is 0 Å². The Morgan fingerprint density at radius 2 is 1.81 bits per heavy atom. The summed E-state index contributed by atoms with van der Waals surface area (Å²) in [6.07, 6.45) is -0.913. The van der Waals surface area contributed by atoms with Gasteiger partial charge in [-0.1, -0.05) is 29.8 Å². The summed E-state index contributed by atoms with van der Waals surface area (Å²) in [5, 5.41) is 11.0. The second kappa shape index (κ2) is 6.71. The van der Waals surface area contributed by atoms with Crippen LogP contribution in [0.1, 0.15) is 5.56 Å². The average molecular weight is 308 g/mol. The molecule has 0 bridgehead atoms. The normalized spacial score (nSPS) is 9.95. The lowest BCUT2D eigenvalue weighted by Crippen LogP contribution is -2.10. The van der Waals surface area contributed by atoms with Crippen LogP contribution in [-0.2, 0) is 11.3 Å². The molecule has 2 rings (SSSR count). The van der Waals surface area contributed by atoms with Gasteiger partial charge in [-0.3, -0.25) is 10.1 Å². The van der Waals surface area contributed by atoms with E-state index >= 15 is 0 Å².